The first kappa shape index (κ1) is 11.5. The maximum Gasteiger partial charge on any atom is 0.308 e. The Bertz CT molecular complexity index is 202. The van der Waals surface area contributed by atoms with E-state index in [0.717, 1.165) is 12.8 Å². The highest BCUT2D eigenvalue weighted by atomic mass is 16.5. The first-order valence-corrected chi connectivity index (χ1v) is 5.07. The predicted octanol–water partition coefficient (Wildman–Crippen LogP) is 1.03. The Kier molecular flexibility index (Phi) is 3.89. The van der Waals surface area contributed by atoms with Crippen LogP contribution in [0.3, 0.4) is 0 Å². The SMILES string of the molecule is C[C@H](C(=O)O)[C@@H]1CC[C@H](C[C@@H](C)O)O1. The minimum Gasteiger partial charge on any atom is -0.481 e. The van der Waals surface area contributed by atoms with Crippen LogP contribution in [0, 0.1) is 5.92 Å². The van der Waals surface area contributed by atoms with Crippen LogP contribution in [0.15, 0.2) is 0 Å². The number of rotatable bonds is 4. The number of aliphatic carboxylic acids is 1. The Morgan fingerprint density at radius 3 is 2.64 bits per heavy atom. The van der Waals surface area contributed by atoms with Crippen molar-refractivity contribution in [2.24, 2.45) is 5.92 Å². The summed E-state index contributed by atoms with van der Waals surface area (Å²) >= 11 is 0. The summed E-state index contributed by atoms with van der Waals surface area (Å²) in [5.74, 6) is -1.26. The van der Waals surface area contributed by atoms with Crippen molar-refractivity contribution in [3.8, 4) is 0 Å². The second-order valence-corrected chi connectivity index (χ2v) is 4.09. The van der Waals surface area contributed by atoms with Crippen molar-refractivity contribution in [1.29, 1.82) is 0 Å². The van der Waals surface area contributed by atoms with Crippen molar-refractivity contribution in [1.82, 2.24) is 0 Å². The van der Waals surface area contributed by atoms with Gasteiger partial charge in [-0.15, -0.1) is 0 Å². The van der Waals surface area contributed by atoms with E-state index in [2.05, 4.69) is 0 Å². The third-order valence-corrected chi connectivity index (χ3v) is 2.69. The largest absolute Gasteiger partial charge is 0.481 e. The van der Waals surface area contributed by atoms with Crippen LogP contribution >= 0.6 is 0 Å². The normalized spacial score (nSPS) is 31.4. The molecule has 0 bridgehead atoms. The van der Waals surface area contributed by atoms with Gasteiger partial charge in [-0.05, 0) is 33.1 Å². The lowest BCUT2D eigenvalue weighted by atomic mass is 10.0. The molecule has 1 fully saturated rings. The predicted molar refractivity (Wildman–Crippen MR) is 51.0 cm³/mol. The van der Waals surface area contributed by atoms with Gasteiger partial charge in [0.15, 0.2) is 0 Å². The van der Waals surface area contributed by atoms with Gasteiger partial charge in [-0.25, -0.2) is 0 Å². The lowest BCUT2D eigenvalue weighted by molar-refractivity contribution is -0.146. The van der Waals surface area contributed by atoms with Crippen molar-refractivity contribution in [2.75, 3.05) is 0 Å². The maximum atomic E-state index is 10.7. The van der Waals surface area contributed by atoms with Crippen molar-refractivity contribution in [3.05, 3.63) is 0 Å². The molecule has 0 amide bonds. The van der Waals surface area contributed by atoms with Crippen LogP contribution in [0.1, 0.15) is 33.1 Å². The molecule has 1 heterocycles. The second-order valence-electron chi connectivity index (χ2n) is 4.09. The molecule has 0 aromatic heterocycles. The van der Waals surface area contributed by atoms with E-state index in [9.17, 15) is 4.79 Å². The summed E-state index contributed by atoms with van der Waals surface area (Å²) in [4.78, 5) is 10.7. The fourth-order valence-electron chi connectivity index (χ4n) is 1.81. The van der Waals surface area contributed by atoms with Crippen molar-refractivity contribution >= 4 is 5.97 Å². The minimum atomic E-state index is -0.812. The third kappa shape index (κ3) is 2.96. The zero-order valence-corrected chi connectivity index (χ0v) is 8.64. The number of hydrogen-bond donors (Lipinski definition) is 2. The van der Waals surface area contributed by atoms with Crippen molar-refractivity contribution in [3.63, 3.8) is 0 Å². The molecule has 0 aromatic rings. The monoisotopic (exact) mass is 202 g/mol. The van der Waals surface area contributed by atoms with Crippen molar-refractivity contribution < 1.29 is 19.7 Å². The zero-order valence-electron chi connectivity index (χ0n) is 8.64. The van der Waals surface area contributed by atoms with Gasteiger partial charge in [-0.1, -0.05) is 0 Å². The Balaban J connectivity index is 2.37. The Morgan fingerprint density at radius 1 is 1.50 bits per heavy atom. The number of ether oxygens (including phenoxy) is 1. The van der Waals surface area contributed by atoms with Gasteiger partial charge in [0.1, 0.15) is 0 Å². The molecule has 1 rings (SSSR count). The van der Waals surface area contributed by atoms with Gasteiger partial charge in [-0.3, -0.25) is 4.79 Å². The smallest absolute Gasteiger partial charge is 0.308 e. The third-order valence-electron chi connectivity index (χ3n) is 2.69. The molecule has 4 atom stereocenters. The highest BCUT2D eigenvalue weighted by Crippen LogP contribution is 2.27. The van der Waals surface area contributed by atoms with Crippen LogP contribution in [-0.2, 0) is 9.53 Å². The Morgan fingerprint density at radius 2 is 2.14 bits per heavy atom. The van der Waals surface area contributed by atoms with Crippen LogP contribution in [-0.4, -0.2) is 34.5 Å². The highest BCUT2D eigenvalue weighted by Gasteiger charge is 2.33. The average Bonchev–Trinajstić information content (AvgIpc) is 2.50. The van der Waals surface area contributed by atoms with Gasteiger partial charge in [0.2, 0.25) is 0 Å². The molecule has 14 heavy (non-hydrogen) atoms. The molecule has 1 saturated heterocycles. The van der Waals surface area contributed by atoms with Crippen LogP contribution < -0.4 is 0 Å². The topological polar surface area (TPSA) is 66.8 Å². The number of carbonyl (C=O) groups is 1. The number of hydrogen-bond acceptors (Lipinski definition) is 3. The number of carboxylic acids is 1. The van der Waals surface area contributed by atoms with E-state index in [4.69, 9.17) is 14.9 Å². The summed E-state index contributed by atoms with van der Waals surface area (Å²) in [6.07, 6.45) is 1.71. The molecular formula is C10H18O4. The molecule has 0 aromatic carbocycles. The first-order chi connectivity index (χ1) is 6.50. The van der Waals surface area contributed by atoms with E-state index < -0.39 is 11.9 Å². The molecule has 1 aliphatic rings. The first-order valence-electron chi connectivity index (χ1n) is 5.07. The molecule has 0 unspecified atom stereocenters. The van der Waals surface area contributed by atoms with Gasteiger partial charge >= 0.3 is 5.97 Å². The Hall–Kier alpha value is -0.610. The number of carboxylic acid groups (broad SMARTS) is 1. The van der Waals surface area contributed by atoms with Crippen LogP contribution in [0.25, 0.3) is 0 Å². The van der Waals surface area contributed by atoms with E-state index in [1.54, 1.807) is 13.8 Å². The van der Waals surface area contributed by atoms with Crippen molar-refractivity contribution in [2.45, 2.75) is 51.4 Å². The lowest BCUT2D eigenvalue weighted by Gasteiger charge is -2.17. The minimum absolute atomic E-state index is 0.0294. The second kappa shape index (κ2) is 4.75. The summed E-state index contributed by atoms with van der Waals surface area (Å²) in [6.45, 7) is 3.38. The van der Waals surface area contributed by atoms with E-state index in [-0.39, 0.29) is 18.3 Å². The summed E-state index contributed by atoms with van der Waals surface area (Å²) < 4.78 is 5.55. The number of aliphatic hydroxyl groups excluding tert-OH is 1. The lowest BCUT2D eigenvalue weighted by Crippen LogP contribution is -2.26. The van der Waals surface area contributed by atoms with E-state index in [1.807, 2.05) is 0 Å². The summed E-state index contributed by atoms with van der Waals surface area (Å²) in [5, 5.41) is 17.9. The molecule has 4 heteroatoms. The molecule has 0 saturated carbocycles. The Labute approximate surface area is 83.9 Å². The molecule has 0 aliphatic carbocycles. The summed E-state index contributed by atoms with van der Waals surface area (Å²) in [5.41, 5.74) is 0. The maximum absolute atomic E-state index is 10.7. The fraction of sp³-hybridized carbons (Fsp3) is 0.900. The average molecular weight is 202 g/mol. The van der Waals surface area contributed by atoms with Crippen LogP contribution in [0.2, 0.25) is 0 Å². The van der Waals surface area contributed by atoms with Gasteiger partial charge in [0.05, 0.1) is 24.2 Å². The summed E-state index contributed by atoms with van der Waals surface area (Å²) in [7, 11) is 0. The quantitative estimate of drug-likeness (QED) is 0.714. The molecule has 4 nitrogen and oxygen atoms in total. The highest BCUT2D eigenvalue weighted by molar-refractivity contribution is 5.70. The van der Waals surface area contributed by atoms with Crippen LogP contribution in [0.5, 0.6) is 0 Å². The molecule has 82 valence electrons. The number of aliphatic hydroxyl groups is 1. The van der Waals surface area contributed by atoms with E-state index in [1.165, 1.54) is 0 Å². The molecular weight excluding hydrogens is 184 g/mol. The molecule has 1 aliphatic heterocycles. The molecule has 2 N–H and O–H groups in total. The van der Waals surface area contributed by atoms with Gasteiger partial charge < -0.3 is 14.9 Å². The summed E-state index contributed by atoms with van der Waals surface area (Å²) in [6, 6.07) is 0. The molecule has 0 spiro atoms. The molecule has 0 radical (unpaired) electrons. The van der Waals surface area contributed by atoms with E-state index in [0.29, 0.717) is 6.42 Å². The zero-order chi connectivity index (χ0) is 10.7. The standard InChI is InChI=1S/C10H18O4/c1-6(11)5-8-3-4-9(14-8)7(2)10(12)13/h6-9,11H,3-5H2,1-2H3,(H,12,13)/t6-,7+,8-,9+/m1/s1. The van der Waals surface area contributed by atoms with Gasteiger partial charge in [0.25, 0.3) is 0 Å². The van der Waals surface area contributed by atoms with Gasteiger partial charge in [-0.2, -0.15) is 0 Å². The van der Waals surface area contributed by atoms with Crippen LogP contribution in [0.4, 0.5) is 0 Å². The fourth-order valence-corrected chi connectivity index (χ4v) is 1.81. The van der Waals surface area contributed by atoms with Gasteiger partial charge in [0, 0.05) is 0 Å². The van der Waals surface area contributed by atoms with E-state index >= 15 is 0 Å².